The smallest absolute Gasteiger partial charge is 0.265 e. The fraction of sp³-hybridized carbons (Fsp3) is 0.263. The van der Waals surface area contributed by atoms with Gasteiger partial charge in [-0.1, -0.05) is 66.1 Å². The number of nitrogens with zero attached hydrogens (tertiary/aromatic N) is 1. The van der Waals surface area contributed by atoms with Gasteiger partial charge in [-0.3, -0.25) is 4.79 Å². The van der Waals surface area contributed by atoms with Crippen molar-refractivity contribution in [3.05, 3.63) is 64.1 Å². The van der Waals surface area contributed by atoms with Crippen LogP contribution in [0.5, 0.6) is 0 Å². The Morgan fingerprint density at radius 2 is 1.75 bits per heavy atom. The summed E-state index contributed by atoms with van der Waals surface area (Å²) in [4.78, 5) is 16.8. The molecule has 0 saturated carbocycles. The van der Waals surface area contributed by atoms with Crippen molar-refractivity contribution in [1.82, 2.24) is 0 Å². The molecule has 0 radical (unpaired) electrons. The molecule has 24 heavy (non-hydrogen) atoms. The average molecular weight is 389 g/mol. The summed E-state index contributed by atoms with van der Waals surface area (Å²) < 4.78 is 0.957. The lowest BCUT2D eigenvalue weighted by Gasteiger charge is -2.18. The van der Waals surface area contributed by atoms with Crippen LogP contribution in [0.4, 0.5) is 5.69 Å². The van der Waals surface area contributed by atoms with E-state index >= 15 is 0 Å². The third kappa shape index (κ3) is 5.81. The van der Waals surface area contributed by atoms with E-state index in [4.69, 9.17) is 4.84 Å². The van der Waals surface area contributed by atoms with Crippen LogP contribution in [0, 0.1) is 0 Å². The summed E-state index contributed by atoms with van der Waals surface area (Å²) in [6.07, 6.45) is 1.60. The van der Waals surface area contributed by atoms with E-state index in [1.165, 1.54) is 5.56 Å². The van der Waals surface area contributed by atoms with Crippen LogP contribution < -0.4 is 5.32 Å². The average Bonchev–Trinajstić information content (AvgIpc) is 2.53. The molecule has 5 heteroatoms. The van der Waals surface area contributed by atoms with Crippen molar-refractivity contribution in [1.29, 1.82) is 0 Å². The minimum Gasteiger partial charge on any atom is -0.386 e. The Labute approximate surface area is 151 Å². The molecule has 0 aliphatic heterocycles. The first-order valence-corrected chi connectivity index (χ1v) is 8.45. The van der Waals surface area contributed by atoms with E-state index < -0.39 is 0 Å². The Kier molecular flexibility index (Phi) is 6.15. The monoisotopic (exact) mass is 388 g/mol. The fourth-order valence-corrected chi connectivity index (χ4v) is 2.26. The van der Waals surface area contributed by atoms with Crippen LogP contribution in [0.15, 0.2) is 58.2 Å². The van der Waals surface area contributed by atoms with Crippen LogP contribution in [0.1, 0.15) is 31.9 Å². The van der Waals surface area contributed by atoms with Crippen LogP contribution in [0.25, 0.3) is 0 Å². The maximum Gasteiger partial charge on any atom is 0.265 e. The zero-order valence-electron chi connectivity index (χ0n) is 14.0. The first kappa shape index (κ1) is 18.2. The highest BCUT2D eigenvalue weighted by Gasteiger charge is 2.12. The van der Waals surface area contributed by atoms with Crippen LogP contribution in [-0.2, 0) is 15.0 Å². The van der Waals surface area contributed by atoms with Crippen LogP contribution in [-0.4, -0.2) is 18.7 Å². The molecule has 0 unspecified atom stereocenters. The number of hydrogen-bond donors (Lipinski definition) is 1. The number of hydrogen-bond acceptors (Lipinski definition) is 3. The number of amides is 1. The maximum atomic E-state index is 11.7. The Bertz CT molecular complexity index is 702. The van der Waals surface area contributed by atoms with Crippen molar-refractivity contribution in [2.24, 2.45) is 5.16 Å². The minimum absolute atomic E-state index is 0.122. The van der Waals surface area contributed by atoms with Gasteiger partial charge in [0, 0.05) is 10.2 Å². The number of anilines is 1. The lowest BCUT2D eigenvalue weighted by atomic mass is 9.87. The van der Waals surface area contributed by atoms with E-state index in [1.807, 2.05) is 36.4 Å². The molecular weight excluding hydrogens is 368 g/mol. The first-order chi connectivity index (χ1) is 11.3. The molecule has 2 aromatic carbocycles. The number of benzene rings is 2. The molecule has 1 N–H and O–H groups in total. The summed E-state index contributed by atoms with van der Waals surface area (Å²) in [6, 6.07) is 15.4. The molecule has 0 fully saturated rings. The highest BCUT2D eigenvalue weighted by Crippen LogP contribution is 2.21. The van der Waals surface area contributed by atoms with E-state index in [-0.39, 0.29) is 17.9 Å². The number of oxime groups is 1. The summed E-state index contributed by atoms with van der Waals surface area (Å²) in [5, 5.41) is 6.57. The van der Waals surface area contributed by atoms with E-state index in [0.29, 0.717) is 5.69 Å². The summed E-state index contributed by atoms with van der Waals surface area (Å²) in [7, 11) is 0. The fourth-order valence-electron chi connectivity index (χ4n) is 1.99. The van der Waals surface area contributed by atoms with Gasteiger partial charge in [0.25, 0.3) is 5.91 Å². The Morgan fingerprint density at radius 1 is 1.12 bits per heavy atom. The molecule has 2 aromatic rings. The van der Waals surface area contributed by atoms with E-state index in [2.05, 4.69) is 59.3 Å². The molecule has 0 aromatic heterocycles. The van der Waals surface area contributed by atoms with Crippen LogP contribution in [0.2, 0.25) is 0 Å². The van der Waals surface area contributed by atoms with Crippen molar-refractivity contribution in [3.8, 4) is 0 Å². The van der Waals surface area contributed by atoms with Gasteiger partial charge in [0.1, 0.15) is 0 Å². The zero-order valence-corrected chi connectivity index (χ0v) is 15.6. The van der Waals surface area contributed by atoms with E-state index in [1.54, 1.807) is 6.21 Å². The number of rotatable bonds is 5. The summed E-state index contributed by atoms with van der Waals surface area (Å²) >= 11 is 3.34. The Balaban J connectivity index is 1.79. The normalized spacial score (nSPS) is 11.5. The zero-order chi connectivity index (χ0) is 17.6. The molecule has 4 nitrogen and oxygen atoms in total. The quantitative estimate of drug-likeness (QED) is 0.594. The van der Waals surface area contributed by atoms with Crippen LogP contribution in [0.3, 0.4) is 0 Å². The van der Waals surface area contributed by atoms with Gasteiger partial charge >= 0.3 is 0 Å². The van der Waals surface area contributed by atoms with E-state index in [0.717, 1.165) is 10.0 Å². The lowest BCUT2D eigenvalue weighted by molar-refractivity contribution is -0.120. The maximum absolute atomic E-state index is 11.7. The predicted molar refractivity (Wildman–Crippen MR) is 101 cm³/mol. The number of halogens is 1. The number of nitrogens with one attached hydrogen (secondary N) is 1. The molecule has 1 amide bonds. The van der Waals surface area contributed by atoms with Gasteiger partial charge in [-0.2, -0.15) is 0 Å². The van der Waals surface area contributed by atoms with Gasteiger partial charge < -0.3 is 10.2 Å². The summed E-state index contributed by atoms with van der Waals surface area (Å²) in [5.74, 6) is -0.252. The molecule has 0 spiro atoms. The molecule has 0 bridgehead atoms. The van der Waals surface area contributed by atoms with Crippen molar-refractivity contribution in [2.75, 3.05) is 11.9 Å². The van der Waals surface area contributed by atoms with Crippen molar-refractivity contribution < 1.29 is 9.63 Å². The summed E-state index contributed by atoms with van der Waals surface area (Å²) in [6.45, 7) is 6.38. The predicted octanol–water partition coefficient (Wildman–Crippen LogP) is 4.74. The highest BCUT2D eigenvalue weighted by atomic mass is 79.9. The van der Waals surface area contributed by atoms with Crippen LogP contribution >= 0.6 is 15.9 Å². The molecule has 0 aliphatic carbocycles. The van der Waals surface area contributed by atoms with Crippen molar-refractivity contribution >= 4 is 33.7 Å². The topological polar surface area (TPSA) is 50.7 Å². The lowest BCUT2D eigenvalue weighted by Crippen LogP contribution is -2.16. The van der Waals surface area contributed by atoms with Gasteiger partial charge in [-0.25, -0.2) is 0 Å². The van der Waals surface area contributed by atoms with Gasteiger partial charge in [0.2, 0.25) is 0 Å². The molecule has 0 heterocycles. The Morgan fingerprint density at radius 3 is 2.33 bits per heavy atom. The van der Waals surface area contributed by atoms with E-state index in [9.17, 15) is 4.79 Å². The Hall–Kier alpha value is -2.14. The largest absolute Gasteiger partial charge is 0.386 e. The molecule has 126 valence electrons. The number of carbonyl (C=O) groups excluding carboxylic acids is 1. The summed E-state index contributed by atoms with van der Waals surface area (Å²) in [5.41, 5.74) is 3.02. The molecule has 0 aliphatic rings. The third-order valence-corrected chi connectivity index (χ3v) is 3.91. The van der Waals surface area contributed by atoms with Gasteiger partial charge in [-0.15, -0.1) is 0 Å². The standard InChI is InChI=1S/C19H21BrN2O2/c1-19(2,3)15-6-4-14(5-7-15)12-21-24-13-18(23)22-17-10-8-16(20)9-11-17/h4-12H,13H2,1-3H3,(H,22,23)/b21-12+. The second-order valence-corrected chi connectivity index (χ2v) is 7.35. The minimum atomic E-state index is -0.252. The molecule has 0 saturated heterocycles. The third-order valence-electron chi connectivity index (χ3n) is 3.38. The molecular formula is C19H21BrN2O2. The van der Waals surface area contributed by atoms with Gasteiger partial charge in [0.15, 0.2) is 6.61 Å². The second-order valence-electron chi connectivity index (χ2n) is 6.44. The first-order valence-electron chi connectivity index (χ1n) is 7.66. The second kappa shape index (κ2) is 8.11. The number of carbonyl (C=O) groups is 1. The van der Waals surface area contributed by atoms with Gasteiger partial charge in [0.05, 0.1) is 6.21 Å². The molecule has 2 rings (SSSR count). The van der Waals surface area contributed by atoms with Crippen molar-refractivity contribution in [2.45, 2.75) is 26.2 Å². The molecule has 0 atom stereocenters. The SMILES string of the molecule is CC(C)(C)c1ccc(/C=N/OCC(=O)Nc2ccc(Br)cc2)cc1. The van der Waals surface area contributed by atoms with Crippen molar-refractivity contribution in [3.63, 3.8) is 0 Å². The highest BCUT2D eigenvalue weighted by molar-refractivity contribution is 9.10. The van der Waals surface area contributed by atoms with Gasteiger partial charge in [-0.05, 0) is 40.8 Å².